The standard InChI is InChI=1S/C19H30N2O3/c1-15(20-14-19(23)11-5-3-4-6-12-19)13-18(22)21-16-7-9-17(24-2)10-8-16/h7-10,15,20,23H,3-6,11-14H2,1-2H3,(H,21,22). The number of carbonyl (C=O) groups is 1. The molecule has 0 bridgehead atoms. The highest BCUT2D eigenvalue weighted by Gasteiger charge is 2.28. The molecule has 0 radical (unpaired) electrons. The first kappa shape index (κ1) is 18.7. The Morgan fingerprint density at radius 3 is 2.42 bits per heavy atom. The van der Waals surface area contributed by atoms with Crippen molar-refractivity contribution in [2.45, 2.75) is 63.5 Å². The molecule has 2 rings (SSSR count). The Morgan fingerprint density at radius 2 is 1.83 bits per heavy atom. The van der Waals surface area contributed by atoms with E-state index in [0.29, 0.717) is 13.0 Å². The van der Waals surface area contributed by atoms with E-state index < -0.39 is 5.60 Å². The zero-order chi connectivity index (χ0) is 17.4. The van der Waals surface area contributed by atoms with Crippen LogP contribution in [0, 0.1) is 0 Å². The van der Waals surface area contributed by atoms with Crippen LogP contribution in [-0.4, -0.2) is 36.3 Å². The van der Waals surface area contributed by atoms with E-state index in [1.54, 1.807) is 7.11 Å². The minimum atomic E-state index is -0.614. The van der Waals surface area contributed by atoms with Gasteiger partial charge in [0.05, 0.1) is 12.7 Å². The predicted molar refractivity (Wildman–Crippen MR) is 96.4 cm³/mol. The Kier molecular flexibility index (Phi) is 7.06. The number of methoxy groups -OCH3 is 1. The quantitative estimate of drug-likeness (QED) is 0.670. The molecule has 1 aliphatic rings. The van der Waals surface area contributed by atoms with Crippen molar-refractivity contribution in [2.24, 2.45) is 0 Å². The zero-order valence-corrected chi connectivity index (χ0v) is 14.8. The van der Waals surface area contributed by atoms with Gasteiger partial charge in [0, 0.05) is 24.7 Å². The molecule has 0 aromatic heterocycles. The summed E-state index contributed by atoms with van der Waals surface area (Å²) in [5.74, 6) is 0.729. The molecule has 1 fully saturated rings. The normalized spacial score (nSPS) is 18.5. The molecule has 1 amide bonds. The van der Waals surface area contributed by atoms with Crippen molar-refractivity contribution in [2.75, 3.05) is 19.0 Å². The number of ether oxygens (including phenoxy) is 1. The van der Waals surface area contributed by atoms with Gasteiger partial charge in [-0.3, -0.25) is 4.79 Å². The summed E-state index contributed by atoms with van der Waals surface area (Å²) in [6.07, 6.45) is 6.68. The predicted octanol–water partition coefficient (Wildman–Crippen LogP) is 3.09. The maximum Gasteiger partial charge on any atom is 0.225 e. The van der Waals surface area contributed by atoms with E-state index in [4.69, 9.17) is 4.74 Å². The van der Waals surface area contributed by atoms with Crippen molar-refractivity contribution in [3.8, 4) is 5.75 Å². The lowest BCUT2D eigenvalue weighted by molar-refractivity contribution is -0.116. The van der Waals surface area contributed by atoms with E-state index in [2.05, 4.69) is 10.6 Å². The van der Waals surface area contributed by atoms with Crippen molar-refractivity contribution in [3.63, 3.8) is 0 Å². The van der Waals surface area contributed by atoms with Crippen molar-refractivity contribution >= 4 is 11.6 Å². The lowest BCUT2D eigenvalue weighted by Gasteiger charge is -2.28. The fourth-order valence-electron chi connectivity index (χ4n) is 3.16. The SMILES string of the molecule is COc1ccc(NC(=O)CC(C)NCC2(O)CCCCCC2)cc1. The molecule has 0 saturated heterocycles. The van der Waals surface area contributed by atoms with Crippen LogP contribution in [0.5, 0.6) is 5.75 Å². The number of nitrogens with one attached hydrogen (secondary N) is 2. The van der Waals surface area contributed by atoms with Gasteiger partial charge in [-0.25, -0.2) is 0 Å². The number of amides is 1. The number of hydrogen-bond donors (Lipinski definition) is 3. The monoisotopic (exact) mass is 334 g/mol. The minimum absolute atomic E-state index is 0.0236. The highest BCUT2D eigenvalue weighted by Crippen LogP contribution is 2.26. The van der Waals surface area contributed by atoms with Gasteiger partial charge in [0.25, 0.3) is 0 Å². The molecule has 5 heteroatoms. The minimum Gasteiger partial charge on any atom is -0.497 e. The van der Waals surface area contributed by atoms with Crippen LogP contribution in [0.4, 0.5) is 5.69 Å². The second kappa shape index (κ2) is 9.04. The Morgan fingerprint density at radius 1 is 1.21 bits per heavy atom. The van der Waals surface area contributed by atoms with Gasteiger partial charge in [-0.15, -0.1) is 0 Å². The van der Waals surface area contributed by atoms with Crippen molar-refractivity contribution in [1.82, 2.24) is 5.32 Å². The Labute approximate surface area is 144 Å². The molecule has 1 aliphatic carbocycles. The summed E-state index contributed by atoms with van der Waals surface area (Å²) in [6.45, 7) is 2.54. The Hall–Kier alpha value is -1.59. The number of rotatable bonds is 7. The molecular weight excluding hydrogens is 304 g/mol. The average Bonchev–Trinajstić information content (AvgIpc) is 2.79. The van der Waals surface area contributed by atoms with Crippen molar-refractivity contribution in [3.05, 3.63) is 24.3 Å². The van der Waals surface area contributed by atoms with Crippen molar-refractivity contribution < 1.29 is 14.6 Å². The lowest BCUT2D eigenvalue weighted by atomic mass is 9.94. The van der Waals surface area contributed by atoms with Gasteiger partial charge in [0.1, 0.15) is 5.75 Å². The molecule has 1 saturated carbocycles. The van der Waals surface area contributed by atoms with Gasteiger partial charge in [-0.05, 0) is 44.0 Å². The van der Waals surface area contributed by atoms with Crippen LogP contribution in [0.1, 0.15) is 51.9 Å². The molecule has 0 spiro atoms. The largest absolute Gasteiger partial charge is 0.497 e. The average molecular weight is 334 g/mol. The van der Waals surface area contributed by atoms with Gasteiger partial charge in [-0.2, -0.15) is 0 Å². The van der Waals surface area contributed by atoms with Gasteiger partial charge in [0.15, 0.2) is 0 Å². The van der Waals surface area contributed by atoms with E-state index in [0.717, 1.165) is 37.1 Å². The van der Waals surface area contributed by atoms with Crippen LogP contribution in [0.25, 0.3) is 0 Å². The molecule has 1 aromatic rings. The smallest absolute Gasteiger partial charge is 0.225 e. The first-order valence-corrected chi connectivity index (χ1v) is 8.90. The van der Waals surface area contributed by atoms with Crippen LogP contribution < -0.4 is 15.4 Å². The summed E-state index contributed by atoms with van der Waals surface area (Å²) in [4.78, 5) is 12.1. The summed E-state index contributed by atoms with van der Waals surface area (Å²) in [5.41, 5.74) is 0.146. The molecule has 0 aliphatic heterocycles. The highest BCUT2D eigenvalue weighted by atomic mass is 16.5. The summed E-state index contributed by atoms with van der Waals surface area (Å²) >= 11 is 0. The van der Waals surface area contributed by atoms with E-state index in [1.807, 2.05) is 31.2 Å². The number of anilines is 1. The first-order chi connectivity index (χ1) is 11.5. The molecule has 0 heterocycles. The molecule has 1 aromatic carbocycles. The van der Waals surface area contributed by atoms with E-state index in [1.165, 1.54) is 12.8 Å². The zero-order valence-electron chi connectivity index (χ0n) is 14.8. The second-order valence-corrected chi connectivity index (χ2v) is 6.90. The Bertz CT molecular complexity index is 508. The van der Waals surface area contributed by atoms with Crippen LogP contribution in [0.2, 0.25) is 0 Å². The van der Waals surface area contributed by atoms with Crippen molar-refractivity contribution in [1.29, 1.82) is 0 Å². The maximum absolute atomic E-state index is 12.1. The summed E-state index contributed by atoms with van der Waals surface area (Å²) in [6, 6.07) is 7.31. The van der Waals surface area contributed by atoms with Gasteiger partial charge in [0.2, 0.25) is 5.91 Å². The number of benzene rings is 1. The van der Waals surface area contributed by atoms with Crippen LogP contribution in [-0.2, 0) is 4.79 Å². The molecule has 24 heavy (non-hydrogen) atoms. The van der Waals surface area contributed by atoms with Crippen LogP contribution in [0.15, 0.2) is 24.3 Å². The summed E-state index contributed by atoms with van der Waals surface area (Å²) in [7, 11) is 1.61. The van der Waals surface area contributed by atoms with Crippen LogP contribution >= 0.6 is 0 Å². The Balaban J connectivity index is 1.74. The third-order valence-corrected chi connectivity index (χ3v) is 4.68. The third kappa shape index (κ3) is 6.13. The fraction of sp³-hybridized carbons (Fsp3) is 0.632. The molecule has 5 nitrogen and oxygen atoms in total. The molecule has 134 valence electrons. The molecular formula is C19H30N2O3. The van der Waals surface area contributed by atoms with E-state index >= 15 is 0 Å². The fourth-order valence-corrected chi connectivity index (χ4v) is 3.16. The third-order valence-electron chi connectivity index (χ3n) is 4.68. The summed E-state index contributed by atoms with van der Waals surface area (Å²) < 4.78 is 5.10. The van der Waals surface area contributed by atoms with Crippen LogP contribution in [0.3, 0.4) is 0 Å². The summed E-state index contributed by atoms with van der Waals surface area (Å²) in [5, 5.41) is 16.9. The van der Waals surface area contributed by atoms with Gasteiger partial charge in [-0.1, -0.05) is 25.7 Å². The molecule has 1 unspecified atom stereocenters. The van der Waals surface area contributed by atoms with Gasteiger partial charge >= 0.3 is 0 Å². The molecule has 3 N–H and O–H groups in total. The van der Waals surface area contributed by atoms with E-state index in [-0.39, 0.29) is 11.9 Å². The number of hydrogen-bond acceptors (Lipinski definition) is 4. The number of carbonyl (C=O) groups excluding carboxylic acids is 1. The molecule has 1 atom stereocenters. The number of aliphatic hydroxyl groups is 1. The maximum atomic E-state index is 12.1. The van der Waals surface area contributed by atoms with Gasteiger partial charge < -0.3 is 20.5 Å². The highest BCUT2D eigenvalue weighted by molar-refractivity contribution is 5.91. The van der Waals surface area contributed by atoms with E-state index in [9.17, 15) is 9.90 Å². The second-order valence-electron chi connectivity index (χ2n) is 6.90. The topological polar surface area (TPSA) is 70.6 Å². The first-order valence-electron chi connectivity index (χ1n) is 8.90. The lowest BCUT2D eigenvalue weighted by Crippen LogP contribution is -2.44.